The zero-order valence-electron chi connectivity index (χ0n) is 17.2. The summed E-state index contributed by atoms with van der Waals surface area (Å²) in [5.41, 5.74) is 1.56. The van der Waals surface area contributed by atoms with E-state index < -0.39 is 14.9 Å². The highest BCUT2D eigenvalue weighted by Crippen LogP contribution is 2.42. The number of benzene rings is 1. The number of likely N-dealkylation sites (N-methyl/N-ethyl adjacent to an activating group) is 1. The molecule has 1 fully saturated rings. The summed E-state index contributed by atoms with van der Waals surface area (Å²) in [6.45, 7) is 4.82. The Kier molecular flexibility index (Phi) is 5.84. The van der Waals surface area contributed by atoms with Gasteiger partial charge in [0.05, 0.1) is 15.9 Å². The summed E-state index contributed by atoms with van der Waals surface area (Å²) in [7, 11) is -1.81. The Bertz CT molecular complexity index is 1040. The van der Waals surface area contributed by atoms with Gasteiger partial charge in [0, 0.05) is 43.7 Å². The lowest BCUT2D eigenvalue weighted by molar-refractivity contribution is -0.384. The third-order valence-electron chi connectivity index (χ3n) is 6.03. The van der Waals surface area contributed by atoms with E-state index in [0.29, 0.717) is 38.4 Å². The summed E-state index contributed by atoms with van der Waals surface area (Å²) >= 11 is 1.73. The molecule has 0 aliphatic carbocycles. The van der Waals surface area contributed by atoms with Gasteiger partial charge in [0.2, 0.25) is 10.0 Å². The minimum Gasteiger partial charge on any atom is -0.359 e. The second kappa shape index (κ2) is 8.26. The maximum Gasteiger partial charge on any atom is 0.293 e. The molecule has 0 saturated carbocycles. The van der Waals surface area contributed by atoms with Gasteiger partial charge in [-0.25, -0.2) is 8.42 Å². The fourth-order valence-electron chi connectivity index (χ4n) is 4.36. The molecule has 3 heterocycles. The van der Waals surface area contributed by atoms with Crippen LogP contribution < -0.4 is 4.90 Å². The molecule has 0 spiro atoms. The summed E-state index contributed by atoms with van der Waals surface area (Å²) in [5, 5.41) is 14.0. The molecule has 2 aliphatic heterocycles. The molecule has 1 aromatic heterocycles. The number of hydrogen-bond donors (Lipinski definition) is 0. The summed E-state index contributed by atoms with van der Waals surface area (Å²) < 4.78 is 27.6. The molecule has 4 rings (SSSR count). The van der Waals surface area contributed by atoms with E-state index in [4.69, 9.17) is 0 Å². The molecule has 0 bridgehead atoms. The van der Waals surface area contributed by atoms with E-state index in [2.05, 4.69) is 28.2 Å². The molecule has 10 heteroatoms. The lowest BCUT2D eigenvalue weighted by atomic mass is 9.97. The van der Waals surface area contributed by atoms with Gasteiger partial charge in [0.1, 0.15) is 5.69 Å². The Morgan fingerprint density at radius 3 is 2.57 bits per heavy atom. The lowest BCUT2D eigenvalue weighted by Gasteiger charge is -2.37. The Morgan fingerprint density at radius 2 is 1.90 bits per heavy atom. The molecule has 2 aromatic rings. The van der Waals surface area contributed by atoms with Crippen LogP contribution in [0.4, 0.5) is 11.4 Å². The highest BCUT2D eigenvalue weighted by atomic mass is 32.2. The monoisotopic (exact) mass is 450 g/mol. The number of sulfonamides is 1. The first kappa shape index (κ1) is 21.2. The van der Waals surface area contributed by atoms with Crippen LogP contribution in [0.3, 0.4) is 0 Å². The first-order valence-corrected chi connectivity index (χ1v) is 12.4. The number of nitro benzene ring substituents is 1. The third kappa shape index (κ3) is 3.73. The van der Waals surface area contributed by atoms with Crippen LogP contribution in [-0.4, -0.2) is 62.3 Å². The molecule has 8 nitrogen and oxygen atoms in total. The van der Waals surface area contributed by atoms with Crippen molar-refractivity contribution in [3.63, 3.8) is 0 Å². The molecule has 30 heavy (non-hydrogen) atoms. The Labute approximate surface area is 180 Å². The lowest BCUT2D eigenvalue weighted by Crippen LogP contribution is -2.47. The molecule has 0 N–H and O–H groups in total. The van der Waals surface area contributed by atoms with Crippen molar-refractivity contribution >= 4 is 32.7 Å². The van der Waals surface area contributed by atoms with Crippen LogP contribution in [0.5, 0.6) is 0 Å². The zero-order valence-corrected chi connectivity index (χ0v) is 18.8. The highest BCUT2D eigenvalue weighted by molar-refractivity contribution is 7.89. The quantitative estimate of drug-likeness (QED) is 0.514. The van der Waals surface area contributed by atoms with Crippen LogP contribution in [0.2, 0.25) is 0 Å². The zero-order chi connectivity index (χ0) is 21.5. The highest BCUT2D eigenvalue weighted by Gasteiger charge is 2.34. The fourth-order valence-corrected chi connectivity index (χ4v) is 6.73. The van der Waals surface area contributed by atoms with E-state index in [1.807, 2.05) is 7.05 Å². The molecule has 1 atom stereocenters. The van der Waals surface area contributed by atoms with Crippen molar-refractivity contribution in [2.45, 2.75) is 30.7 Å². The van der Waals surface area contributed by atoms with E-state index in [0.717, 1.165) is 12.8 Å². The molecule has 1 aromatic carbocycles. The predicted molar refractivity (Wildman–Crippen MR) is 118 cm³/mol. The van der Waals surface area contributed by atoms with Crippen molar-refractivity contribution in [3.05, 3.63) is 50.2 Å². The first-order chi connectivity index (χ1) is 14.3. The van der Waals surface area contributed by atoms with E-state index >= 15 is 0 Å². The van der Waals surface area contributed by atoms with Gasteiger partial charge in [-0.05, 0) is 49.0 Å². The molecule has 0 radical (unpaired) electrons. The number of hydrogen-bond acceptors (Lipinski definition) is 7. The van der Waals surface area contributed by atoms with Gasteiger partial charge in [-0.2, -0.15) is 4.31 Å². The number of fused-ring (bicyclic) bond motifs is 1. The number of rotatable bonds is 5. The molecule has 0 amide bonds. The third-order valence-corrected chi connectivity index (χ3v) is 8.93. The summed E-state index contributed by atoms with van der Waals surface area (Å²) in [6.07, 6.45) is 1.66. The van der Waals surface area contributed by atoms with Crippen LogP contribution in [0.25, 0.3) is 0 Å². The first-order valence-electron chi connectivity index (χ1n) is 10.1. The van der Waals surface area contributed by atoms with Gasteiger partial charge < -0.3 is 9.80 Å². The average molecular weight is 451 g/mol. The second-order valence-corrected chi connectivity index (χ2v) is 10.7. The van der Waals surface area contributed by atoms with Gasteiger partial charge in [-0.15, -0.1) is 11.3 Å². The number of thiophene rings is 1. The van der Waals surface area contributed by atoms with E-state index in [-0.39, 0.29) is 16.6 Å². The van der Waals surface area contributed by atoms with Gasteiger partial charge in [-0.3, -0.25) is 10.1 Å². The normalized spacial score (nSPS) is 20.9. The number of anilines is 1. The Hall–Kier alpha value is -2.01. The smallest absolute Gasteiger partial charge is 0.293 e. The summed E-state index contributed by atoms with van der Waals surface area (Å²) in [5.74, 6) is 0. The van der Waals surface area contributed by atoms with Crippen LogP contribution >= 0.6 is 11.3 Å². The van der Waals surface area contributed by atoms with Crippen LogP contribution in [-0.2, 0) is 16.4 Å². The van der Waals surface area contributed by atoms with Gasteiger partial charge in [0.15, 0.2) is 0 Å². The average Bonchev–Trinajstić information content (AvgIpc) is 3.21. The van der Waals surface area contributed by atoms with Gasteiger partial charge >= 0.3 is 0 Å². The Morgan fingerprint density at radius 1 is 1.17 bits per heavy atom. The SMILES string of the molecule is CCC1c2ccsc2CCN1c1ccc(S(=O)(=O)N2CCN(C)CC2)cc1[N+](=O)[O-]. The van der Waals surface area contributed by atoms with Crippen molar-refractivity contribution in [1.82, 2.24) is 9.21 Å². The number of piperazine rings is 1. The molecular formula is C20H26N4O4S2. The standard InChI is InChI=1S/C20H26N4O4S2/c1-3-17-16-7-13-29-20(16)6-8-23(17)18-5-4-15(14-19(18)24(25)26)30(27,28)22-11-9-21(2)10-12-22/h4-5,7,13-14,17H,3,6,8-12H2,1-2H3. The molecule has 162 valence electrons. The van der Waals surface area contributed by atoms with Crippen LogP contribution in [0.1, 0.15) is 29.8 Å². The maximum atomic E-state index is 13.1. The minimum absolute atomic E-state index is 0.0104. The molecule has 2 aliphatic rings. The second-order valence-electron chi connectivity index (χ2n) is 7.78. The van der Waals surface area contributed by atoms with Crippen molar-refractivity contribution in [1.29, 1.82) is 0 Å². The molecule has 1 unspecified atom stereocenters. The van der Waals surface area contributed by atoms with E-state index in [1.165, 1.54) is 26.9 Å². The van der Waals surface area contributed by atoms with Crippen molar-refractivity contribution in [3.8, 4) is 0 Å². The van der Waals surface area contributed by atoms with Crippen LogP contribution in [0.15, 0.2) is 34.5 Å². The number of nitrogens with zero attached hydrogens (tertiary/aromatic N) is 4. The van der Waals surface area contributed by atoms with Crippen molar-refractivity contribution in [2.75, 3.05) is 44.7 Å². The van der Waals surface area contributed by atoms with Gasteiger partial charge in [-0.1, -0.05) is 6.92 Å². The molecular weight excluding hydrogens is 424 g/mol. The van der Waals surface area contributed by atoms with E-state index in [1.54, 1.807) is 17.4 Å². The summed E-state index contributed by atoms with van der Waals surface area (Å²) in [6, 6.07) is 6.52. The fraction of sp³-hybridized carbons (Fsp3) is 0.500. The van der Waals surface area contributed by atoms with E-state index in [9.17, 15) is 18.5 Å². The number of nitro groups is 1. The summed E-state index contributed by atoms with van der Waals surface area (Å²) in [4.78, 5) is 16.9. The van der Waals surface area contributed by atoms with Crippen molar-refractivity contribution in [2.24, 2.45) is 0 Å². The van der Waals surface area contributed by atoms with Gasteiger partial charge in [0.25, 0.3) is 5.69 Å². The maximum absolute atomic E-state index is 13.1. The predicted octanol–water partition coefficient (Wildman–Crippen LogP) is 3.11. The van der Waals surface area contributed by atoms with Crippen molar-refractivity contribution < 1.29 is 13.3 Å². The minimum atomic E-state index is -3.76. The largest absolute Gasteiger partial charge is 0.359 e. The Balaban J connectivity index is 1.70. The van der Waals surface area contributed by atoms with Crippen LogP contribution in [0, 0.1) is 10.1 Å². The molecule has 1 saturated heterocycles. The topological polar surface area (TPSA) is 87.0 Å².